The third kappa shape index (κ3) is 8.86. The molecule has 0 radical (unpaired) electrons. The molecular formula is C11H18O2. The fraction of sp³-hybridized carbons (Fsp3) is 0.545. The summed E-state index contributed by atoms with van der Waals surface area (Å²) < 4.78 is 0. The zero-order valence-corrected chi connectivity index (χ0v) is 8.36. The second-order valence-electron chi connectivity index (χ2n) is 3.22. The van der Waals surface area contributed by atoms with Crippen LogP contribution < -0.4 is 0 Å². The van der Waals surface area contributed by atoms with Crippen LogP contribution in [-0.2, 0) is 4.79 Å². The predicted octanol–water partition coefficient (Wildman–Crippen LogP) is 3.01. The molecule has 0 aromatic carbocycles. The molecular weight excluding hydrogens is 164 g/mol. The van der Waals surface area contributed by atoms with Gasteiger partial charge in [0, 0.05) is 6.08 Å². The van der Waals surface area contributed by atoms with Crippen LogP contribution in [0.3, 0.4) is 0 Å². The number of aliphatic carboxylic acids is 1. The van der Waals surface area contributed by atoms with Crippen LogP contribution in [0.2, 0.25) is 0 Å². The Balaban J connectivity index is 3.47. The second-order valence-corrected chi connectivity index (χ2v) is 3.22. The van der Waals surface area contributed by atoms with E-state index in [-0.39, 0.29) is 0 Å². The van der Waals surface area contributed by atoms with Crippen molar-refractivity contribution < 1.29 is 9.90 Å². The summed E-state index contributed by atoms with van der Waals surface area (Å²) in [5, 5.41) is 8.28. The molecule has 0 heterocycles. The van der Waals surface area contributed by atoms with Gasteiger partial charge in [-0.3, -0.25) is 0 Å². The summed E-state index contributed by atoms with van der Waals surface area (Å²) in [6.45, 7) is 4.40. The van der Waals surface area contributed by atoms with Crippen LogP contribution in [0.15, 0.2) is 24.3 Å². The molecule has 0 aromatic rings. The van der Waals surface area contributed by atoms with Crippen LogP contribution in [0.5, 0.6) is 0 Å². The quantitative estimate of drug-likeness (QED) is 0.506. The van der Waals surface area contributed by atoms with Gasteiger partial charge in [0.05, 0.1) is 0 Å². The van der Waals surface area contributed by atoms with Gasteiger partial charge >= 0.3 is 5.97 Å². The third-order valence-electron chi connectivity index (χ3n) is 2.01. The van der Waals surface area contributed by atoms with E-state index in [1.807, 2.05) is 6.08 Å². The summed E-state index contributed by atoms with van der Waals surface area (Å²) >= 11 is 0. The van der Waals surface area contributed by atoms with Crippen molar-refractivity contribution in [2.45, 2.75) is 33.1 Å². The SMILES string of the molecule is CCC(C)CCC=CC=CC(=O)O. The van der Waals surface area contributed by atoms with Gasteiger partial charge < -0.3 is 5.11 Å². The summed E-state index contributed by atoms with van der Waals surface area (Å²) in [5.74, 6) is -0.139. The molecule has 0 aliphatic rings. The van der Waals surface area contributed by atoms with Gasteiger partial charge in [-0.2, -0.15) is 0 Å². The Bertz CT molecular complexity index is 192. The monoisotopic (exact) mass is 182 g/mol. The number of carbonyl (C=O) groups is 1. The summed E-state index contributed by atoms with van der Waals surface area (Å²) in [5.41, 5.74) is 0. The molecule has 0 aromatic heterocycles. The molecule has 1 unspecified atom stereocenters. The number of rotatable bonds is 6. The molecule has 0 rings (SSSR count). The van der Waals surface area contributed by atoms with Gasteiger partial charge in [0.25, 0.3) is 0 Å². The highest BCUT2D eigenvalue weighted by Gasteiger charge is 1.94. The van der Waals surface area contributed by atoms with Crippen LogP contribution in [-0.4, -0.2) is 11.1 Å². The van der Waals surface area contributed by atoms with Crippen molar-refractivity contribution in [1.29, 1.82) is 0 Å². The van der Waals surface area contributed by atoms with Gasteiger partial charge in [0.2, 0.25) is 0 Å². The van der Waals surface area contributed by atoms with E-state index in [4.69, 9.17) is 5.11 Å². The van der Waals surface area contributed by atoms with Gasteiger partial charge in [0.1, 0.15) is 0 Å². The molecule has 13 heavy (non-hydrogen) atoms. The number of carboxylic acids is 1. The zero-order valence-electron chi connectivity index (χ0n) is 8.36. The van der Waals surface area contributed by atoms with Crippen LogP contribution in [0.25, 0.3) is 0 Å². The minimum Gasteiger partial charge on any atom is -0.478 e. The predicted molar refractivity (Wildman–Crippen MR) is 54.6 cm³/mol. The van der Waals surface area contributed by atoms with Gasteiger partial charge in [-0.05, 0) is 18.8 Å². The first-order chi connectivity index (χ1) is 6.16. The van der Waals surface area contributed by atoms with Crippen LogP contribution >= 0.6 is 0 Å². The number of hydrogen-bond acceptors (Lipinski definition) is 1. The molecule has 2 nitrogen and oxygen atoms in total. The van der Waals surface area contributed by atoms with E-state index < -0.39 is 5.97 Å². The molecule has 0 amide bonds. The van der Waals surface area contributed by atoms with Crippen molar-refractivity contribution >= 4 is 5.97 Å². The second kappa shape index (κ2) is 7.59. The number of allylic oxidation sites excluding steroid dienone is 3. The summed E-state index contributed by atoms with van der Waals surface area (Å²) in [7, 11) is 0. The summed E-state index contributed by atoms with van der Waals surface area (Å²) in [4.78, 5) is 10.1. The Morgan fingerprint density at radius 1 is 1.46 bits per heavy atom. The van der Waals surface area contributed by atoms with Crippen molar-refractivity contribution in [3.63, 3.8) is 0 Å². The first kappa shape index (κ1) is 11.9. The number of hydrogen-bond donors (Lipinski definition) is 1. The highest BCUT2D eigenvalue weighted by Crippen LogP contribution is 2.09. The van der Waals surface area contributed by atoms with Crippen molar-refractivity contribution in [2.75, 3.05) is 0 Å². The molecule has 0 saturated heterocycles. The average Bonchev–Trinajstić information content (AvgIpc) is 2.10. The van der Waals surface area contributed by atoms with Crippen molar-refractivity contribution in [3.05, 3.63) is 24.3 Å². The van der Waals surface area contributed by atoms with Gasteiger partial charge in [0.15, 0.2) is 0 Å². The molecule has 2 heteroatoms. The summed E-state index contributed by atoms with van der Waals surface area (Å²) in [6, 6.07) is 0. The molecule has 0 aliphatic heterocycles. The van der Waals surface area contributed by atoms with E-state index in [1.54, 1.807) is 12.2 Å². The van der Waals surface area contributed by atoms with E-state index in [9.17, 15) is 4.79 Å². The molecule has 0 fully saturated rings. The van der Waals surface area contributed by atoms with Crippen LogP contribution in [0, 0.1) is 5.92 Å². The fourth-order valence-corrected chi connectivity index (χ4v) is 0.898. The lowest BCUT2D eigenvalue weighted by Gasteiger charge is -2.03. The maximum absolute atomic E-state index is 10.1. The van der Waals surface area contributed by atoms with Crippen molar-refractivity contribution in [2.24, 2.45) is 5.92 Å². The Morgan fingerprint density at radius 3 is 2.69 bits per heavy atom. The molecule has 1 atom stereocenters. The fourth-order valence-electron chi connectivity index (χ4n) is 0.898. The van der Waals surface area contributed by atoms with E-state index in [0.717, 1.165) is 18.4 Å². The lowest BCUT2D eigenvalue weighted by molar-refractivity contribution is -0.131. The molecule has 0 aliphatic carbocycles. The molecule has 0 spiro atoms. The number of carboxylic acid groups (broad SMARTS) is 1. The van der Waals surface area contributed by atoms with E-state index in [2.05, 4.69) is 13.8 Å². The average molecular weight is 182 g/mol. The molecule has 0 bridgehead atoms. The highest BCUT2D eigenvalue weighted by atomic mass is 16.4. The minimum absolute atomic E-state index is 0.758. The van der Waals surface area contributed by atoms with Gasteiger partial charge in [-0.25, -0.2) is 4.79 Å². The van der Waals surface area contributed by atoms with Crippen molar-refractivity contribution in [1.82, 2.24) is 0 Å². The highest BCUT2D eigenvalue weighted by molar-refractivity contribution is 5.80. The smallest absolute Gasteiger partial charge is 0.328 e. The Morgan fingerprint density at radius 2 is 2.15 bits per heavy atom. The van der Waals surface area contributed by atoms with Crippen LogP contribution in [0.4, 0.5) is 0 Å². The summed E-state index contributed by atoms with van der Waals surface area (Å²) in [6.07, 6.45) is 9.90. The lowest BCUT2D eigenvalue weighted by atomic mass is 10.0. The largest absolute Gasteiger partial charge is 0.478 e. The van der Waals surface area contributed by atoms with E-state index in [1.165, 1.54) is 12.8 Å². The third-order valence-corrected chi connectivity index (χ3v) is 2.01. The van der Waals surface area contributed by atoms with Gasteiger partial charge in [-0.1, -0.05) is 38.5 Å². The maximum atomic E-state index is 10.1. The van der Waals surface area contributed by atoms with E-state index >= 15 is 0 Å². The Hall–Kier alpha value is -1.05. The van der Waals surface area contributed by atoms with E-state index in [0.29, 0.717) is 0 Å². The van der Waals surface area contributed by atoms with Crippen LogP contribution in [0.1, 0.15) is 33.1 Å². The molecule has 74 valence electrons. The first-order valence-electron chi connectivity index (χ1n) is 4.73. The standard InChI is InChI=1S/C11H18O2/c1-3-10(2)8-6-4-5-7-9-11(12)13/h4-5,7,9-10H,3,6,8H2,1-2H3,(H,12,13). The molecule has 0 saturated carbocycles. The van der Waals surface area contributed by atoms with Gasteiger partial charge in [-0.15, -0.1) is 0 Å². The van der Waals surface area contributed by atoms with Crippen molar-refractivity contribution in [3.8, 4) is 0 Å². The Kier molecular flexibility index (Phi) is 6.98. The first-order valence-corrected chi connectivity index (χ1v) is 4.73. The Labute approximate surface area is 80.0 Å². The minimum atomic E-state index is -0.897. The maximum Gasteiger partial charge on any atom is 0.328 e. The normalized spacial score (nSPS) is 14.0. The topological polar surface area (TPSA) is 37.3 Å². The lowest BCUT2D eigenvalue weighted by Crippen LogP contribution is -1.89. The zero-order chi connectivity index (χ0) is 10.1. The molecule has 1 N–H and O–H groups in total.